The molecule has 4 nitrogen and oxygen atoms in total. The summed E-state index contributed by atoms with van der Waals surface area (Å²) in [6.07, 6.45) is 0.00121. The van der Waals surface area contributed by atoms with Crippen LogP contribution < -0.4 is 10.6 Å². The van der Waals surface area contributed by atoms with Gasteiger partial charge in [-0.25, -0.2) is 4.39 Å². The molecule has 1 amide bonds. The summed E-state index contributed by atoms with van der Waals surface area (Å²) in [5.41, 5.74) is 0.484. The topological polar surface area (TPSA) is 44.4 Å². The first-order valence-corrected chi connectivity index (χ1v) is 6.22. The van der Waals surface area contributed by atoms with Gasteiger partial charge in [-0.1, -0.05) is 6.92 Å². The maximum absolute atomic E-state index is 12.8. The number of piperazine rings is 1. The number of hydrogen-bond donors (Lipinski definition) is 2. The summed E-state index contributed by atoms with van der Waals surface area (Å²) in [5, 5.41) is 6.21. The smallest absolute Gasteiger partial charge is 0.252 e. The quantitative estimate of drug-likeness (QED) is 0.835. The van der Waals surface area contributed by atoms with E-state index in [0.29, 0.717) is 5.56 Å². The van der Waals surface area contributed by atoms with Crippen LogP contribution in [0.1, 0.15) is 17.3 Å². The molecule has 1 aliphatic heterocycles. The van der Waals surface area contributed by atoms with Gasteiger partial charge in [0, 0.05) is 25.2 Å². The third kappa shape index (κ3) is 3.05. The summed E-state index contributed by atoms with van der Waals surface area (Å²) in [6.45, 7) is 5.57. The average Bonchev–Trinajstić information content (AvgIpc) is 2.40. The Morgan fingerprint density at radius 3 is 2.89 bits per heavy atom. The molecule has 5 heteroatoms. The van der Waals surface area contributed by atoms with E-state index in [1.807, 2.05) is 0 Å². The summed E-state index contributed by atoms with van der Waals surface area (Å²) in [7, 11) is 0. The normalized spacial score (nSPS) is 20.7. The molecule has 1 fully saturated rings. The van der Waals surface area contributed by atoms with E-state index < -0.39 is 0 Å². The highest BCUT2D eigenvalue weighted by Crippen LogP contribution is 2.05. The summed E-state index contributed by atoms with van der Waals surface area (Å²) in [6, 6.07) is 5.59. The van der Waals surface area contributed by atoms with E-state index >= 15 is 0 Å². The van der Waals surface area contributed by atoms with Crippen molar-refractivity contribution in [1.29, 1.82) is 0 Å². The molecule has 0 saturated carbocycles. The molecule has 0 spiro atoms. The van der Waals surface area contributed by atoms with E-state index in [-0.39, 0.29) is 17.9 Å². The lowest BCUT2D eigenvalue weighted by molar-refractivity contribution is 0.0815. The van der Waals surface area contributed by atoms with Gasteiger partial charge in [-0.3, -0.25) is 9.69 Å². The maximum atomic E-state index is 12.8. The van der Waals surface area contributed by atoms with Crippen molar-refractivity contribution >= 4 is 5.91 Å². The number of amides is 1. The second-order valence-electron chi connectivity index (χ2n) is 4.33. The zero-order valence-corrected chi connectivity index (χ0v) is 10.4. The van der Waals surface area contributed by atoms with E-state index in [1.54, 1.807) is 0 Å². The van der Waals surface area contributed by atoms with Crippen molar-refractivity contribution in [2.45, 2.75) is 13.1 Å². The molecule has 1 atom stereocenters. The van der Waals surface area contributed by atoms with Crippen LogP contribution in [0.3, 0.4) is 0 Å². The number of carbonyl (C=O) groups is 1. The molecule has 1 aromatic carbocycles. The third-order valence-electron chi connectivity index (χ3n) is 3.16. The molecule has 0 bridgehead atoms. The Morgan fingerprint density at radius 2 is 2.22 bits per heavy atom. The summed E-state index contributed by atoms with van der Waals surface area (Å²) in [4.78, 5) is 14.2. The first kappa shape index (κ1) is 13.0. The number of likely N-dealkylation sites (N-methyl/N-ethyl adjacent to an activating group) is 1. The molecule has 2 N–H and O–H groups in total. The van der Waals surface area contributed by atoms with Gasteiger partial charge in [0.15, 0.2) is 0 Å². The molecule has 0 aromatic heterocycles. The monoisotopic (exact) mass is 251 g/mol. The fraction of sp³-hybridized carbons (Fsp3) is 0.462. The molecule has 1 heterocycles. The Morgan fingerprint density at radius 1 is 1.50 bits per heavy atom. The van der Waals surface area contributed by atoms with Crippen molar-refractivity contribution in [2.24, 2.45) is 0 Å². The number of carbonyl (C=O) groups excluding carboxylic acids is 1. The van der Waals surface area contributed by atoms with Crippen LogP contribution in [0.15, 0.2) is 24.3 Å². The lowest BCUT2D eigenvalue weighted by Gasteiger charge is -2.35. The number of hydrogen-bond acceptors (Lipinski definition) is 3. The van der Waals surface area contributed by atoms with Crippen LogP contribution >= 0.6 is 0 Å². The molecule has 1 unspecified atom stereocenters. The lowest BCUT2D eigenvalue weighted by Crippen LogP contribution is -2.58. The molecule has 1 aromatic rings. The van der Waals surface area contributed by atoms with Crippen LogP contribution in [0, 0.1) is 5.82 Å². The van der Waals surface area contributed by atoms with Crippen LogP contribution in [-0.2, 0) is 0 Å². The first-order chi connectivity index (χ1) is 8.70. The van der Waals surface area contributed by atoms with Gasteiger partial charge in [-0.05, 0) is 30.8 Å². The van der Waals surface area contributed by atoms with Crippen molar-refractivity contribution in [3.63, 3.8) is 0 Å². The number of nitrogens with one attached hydrogen (secondary N) is 2. The summed E-state index contributed by atoms with van der Waals surface area (Å²) < 4.78 is 12.8. The predicted molar refractivity (Wildman–Crippen MR) is 67.8 cm³/mol. The van der Waals surface area contributed by atoms with Gasteiger partial charge in [0.1, 0.15) is 5.82 Å². The van der Waals surface area contributed by atoms with E-state index in [2.05, 4.69) is 22.5 Å². The van der Waals surface area contributed by atoms with E-state index in [4.69, 9.17) is 0 Å². The van der Waals surface area contributed by atoms with Crippen molar-refractivity contribution in [3.05, 3.63) is 35.6 Å². The molecule has 0 aliphatic carbocycles. The van der Waals surface area contributed by atoms with Crippen molar-refractivity contribution in [2.75, 3.05) is 26.2 Å². The van der Waals surface area contributed by atoms with Crippen molar-refractivity contribution in [1.82, 2.24) is 15.5 Å². The highest BCUT2D eigenvalue weighted by molar-refractivity contribution is 5.94. The van der Waals surface area contributed by atoms with E-state index in [0.717, 1.165) is 26.2 Å². The molecule has 0 radical (unpaired) electrons. The van der Waals surface area contributed by atoms with E-state index in [9.17, 15) is 9.18 Å². The molecule has 18 heavy (non-hydrogen) atoms. The Labute approximate surface area is 106 Å². The molecule has 1 saturated heterocycles. The minimum absolute atomic E-state index is 0.00121. The van der Waals surface area contributed by atoms with Crippen molar-refractivity contribution in [3.8, 4) is 0 Å². The SMILES string of the molecule is CCN1CCNCC1NC(=O)c1ccc(F)cc1. The zero-order chi connectivity index (χ0) is 13.0. The van der Waals surface area contributed by atoms with Crippen LogP contribution in [0.25, 0.3) is 0 Å². The minimum atomic E-state index is -0.332. The molecular formula is C13H18FN3O. The molecular weight excluding hydrogens is 233 g/mol. The van der Waals surface area contributed by atoms with Gasteiger partial charge in [0.2, 0.25) is 0 Å². The second kappa shape index (κ2) is 5.93. The standard InChI is InChI=1S/C13H18FN3O/c1-2-17-8-7-15-9-12(17)16-13(18)10-3-5-11(14)6-4-10/h3-6,12,15H,2,7-9H2,1H3,(H,16,18). The highest BCUT2D eigenvalue weighted by atomic mass is 19.1. The van der Waals surface area contributed by atoms with E-state index in [1.165, 1.54) is 24.3 Å². The van der Waals surface area contributed by atoms with Gasteiger partial charge in [-0.15, -0.1) is 0 Å². The number of rotatable bonds is 3. The number of benzene rings is 1. The Balaban J connectivity index is 1.99. The minimum Gasteiger partial charge on any atom is -0.335 e. The molecule has 1 aliphatic rings. The van der Waals surface area contributed by atoms with Gasteiger partial charge < -0.3 is 10.6 Å². The Kier molecular flexibility index (Phi) is 4.28. The lowest BCUT2D eigenvalue weighted by atomic mass is 10.2. The van der Waals surface area contributed by atoms with Gasteiger partial charge in [0.05, 0.1) is 6.17 Å². The Hall–Kier alpha value is -1.46. The maximum Gasteiger partial charge on any atom is 0.252 e. The van der Waals surface area contributed by atoms with Crippen LogP contribution in [0.5, 0.6) is 0 Å². The average molecular weight is 251 g/mol. The first-order valence-electron chi connectivity index (χ1n) is 6.22. The Bertz CT molecular complexity index is 407. The second-order valence-corrected chi connectivity index (χ2v) is 4.33. The van der Waals surface area contributed by atoms with Crippen LogP contribution in [-0.4, -0.2) is 43.2 Å². The van der Waals surface area contributed by atoms with Crippen LogP contribution in [0.2, 0.25) is 0 Å². The molecule has 2 rings (SSSR count). The third-order valence-corrected chi connectivity index (χ3v) is 3.16. The fourth-order valence-corrected chi connectivity index (χ4v) is 2.10. The summed E-state index contributed by atoms with van der Waals surface area (Å²) in [5.74, 6) is -0.497. The van der Waals surface area contributed by atoms with Gasteiger partial charge in [0.25, 0.3) is 5.91 Å². The van der Waals surface area contributed by atoms with Gasteiger partial charge >= 0.3 is 0 Å². The largest absolute Gasteiger partial charge is 0.335 e. The van der Waals surface area contributed by atoms with Gasteiger partial charge in [-0.2, -0.15) is 0 Å². The van der Waals surface area contributed by atoms with Crippen molar-refractivity contribution < 1.29 is 9.18 Å². The summed E-state index contributed by atoms with van der Waals surface area (Å²) >= 11 is 0. The fourth-order valence-electron chi connectivity index (χ4n) is 2.10. The zero-order valence-electron chi connectivity index (χ0n) is 10.4. The van der Waals surface area contributed by atoms with Crippen LogP contribution in [0.4, 0.5) is 4.39 Å². The predicted octanol–water partition coefficient (Wildman–Crippen LogP) is 0.807. The number of nitrogens with zero attached hydrogens (tertiary/aromatic N) is 1. The molecule has 98 valence electrons. The highest BCUT2D eigenvalue weighted by Gasteiger charge is 2.22. The number of halogens is 1.